The number of unbranched alkanes of at least 4 members (excludes halogenated alkanes) is 1. The van der Waals surface area contributed by atoms with Crippen LogP contribution in [0.25, 0.3) is 0 Å². The predicted molar refractivity (Wildman–Crippen MR) is 175 cm³/mol. The highest BCUT2D eigenvalue weighted by Crippen LogP contribution is 2.43. The van der Waals surface area contributed by atoms with Crippen molar-refractivity contribution in [1.29, 1.82) is 0 Å². The molecule has 2 aromatic carbocycles. The fourth-order valence-corrected chi connectivity index (χ4v) is 7.90. The Kier molecular flexibility index (Phi) is 12.8. The number of aryl methyl sites for hydroxylation is 2. The molecule has 4 unspecified atom stereocenters. The van der Waals surface area contributed by atoms with Gasteiger partial charge in [-0.05, 0) is 116 Å². The number of benzene rings is 2. The molecule has 0 saturated carbocycles. The Hall–Kier alpha value is -2.55. The summed E-state index contributed by atoms with van der Waals surface area (Å²) in [4.78, 5) is 39.1. The van der Waals surface area contributed by atoms with Gasteiger partial charge in [0.1, 0.15) is 11.6 Å². The van der Waals surface area contributed by atoms with E-state index in [0.717, 1.165) is 56.9 Å². The lowest BCUT2D eigenvalue weighted by Gasteiger charge is -2.38. The third kappa shape index (κ3) is 8.51. The van der Waals surface area contributed by atoms with Crippen LogP contribution < -0.4 is 0 Å². The molecule has 0 saturated heterocycles. The molecule has 1 aliphatic carbocycles. The maximum Gasteiger partial charge on any atom is 0.163 e. The number of Topliss-reactive ketones (excluding diaryl/α,β-unsaturated/α-hetero) is 3. The smallest absolute Gasteiger partial charge is 0.163 e. The molecule has 42 heavy (non-hydrogen) atoms. The van der Waals surface area contributed by atoms with Crippen molar-refractivity contribution in [2.45, 2.75) is 126 Å². The number of ketones is 3. The second-order valence-corrected chi connectivity index (χ2v) is 13.7. The molecule has 2 aromatic rings. The van der Waals surface area contributed by atoms with Gasteiger partial charge in [-0.2, -0.15) is 0 Å². The summed E-state index contributed by atoms with van der Waals surface area (Å²) in [5.41, 5.74) is 7.49. The van der Waals surface area contributed by atoms with E-state index in [1.807, 2.05) is 0 Å². The normalized spacial score (nSPS) is 17.3. The average Bonchev–Trinajstić information content (AvgIpc) is 2.92. The Morgan fingerprint density at radius 1 is 0.905 bits per heavy atom. The molecule has 3 rings (SSSR count). The molecule has 0 N–H and O–H groups in total. The van der Waals surface area contributed by atoms with Crippen molar-refractivity contribution in [2.75, 3.05) is 0 Å². The minimum absolute atomic E-state index is 0.0286. The summed E-state index contributed by atoms with van der Waals surface area (Å²) < 4.78 is 0. The Bertz CT molecular complexity index is 1210. The monoisotopic (exact) mass is 572 g/mol. The van der Waals surface area contributed by atoms with Crippen LogP contribution >= 0.6 is 0 Å². The molecule has 230 valence electrons. The van der Waals surface area contributed by atoms with Gasteiger partial charge in [0.25, 0.3) is 0 Å². The summed E-state index contributed by atoms with van der Waals surface area (Å²) in [5, 5.41) is 0. The van der Waals surface area contributed by atoms with Crippen molar-refractivity contribution < 1.29 is 14.4 Å². The van der Waals surface area contributed by atoms with Crippen LogP contribution in [0.1, 0.15) is 138 Å². The maximum absolute atomic E-state index is 13.9. The molecule has 0 aliphatic heterocycles. The maximum atomic E-state index is 13.9. The van der Waals surface area contributed by atoms with Crippen LogP contribution in [0.2, 0.25) is 0 Å². The SMILES string of the molecule is CCC(C(=O)CC(C)=O)C(CC1CC(=O)c2c(C)c(CCCCc3ccccc3)cc(C(C)C)c2C1)C(CC)C(C)C. The van der Waals surface area contributed by atoms with Crippen LogP contribution in [0.4, 0.5) is 0 Å². The summed E-state index contributed by atoms with van der Waals surface area (Å²) in [7, 11) is 0. The van der Waals surface area contributed by atoms with Gasteiger partial charge in [-0.15, -0.1) is 0 Å². The lowest BCUT2D eigenvalue weighted by molar-refractivity contribution is -0.130. The Balaban J connectivity index is 1.87. The van der Waals surface area contributed by atoms with Gasteiger partial charge in [-0.1, -0.05) is 84.4 Å². The van der Waals surface area contributed by atoms with Crippen molar-refractivity contribution in [1.82, 2.24) is 0 Å². The van der Waals surface area contributed by atoms with Crippen LogP contribution in [-0.4, -0.2) is 17.3 Å². The average molecular weight is 573 g/mol. The number of carbonyl (C=O) groups is 3. The first kappa shape index (κ1) is 33.9. The molecule has 0 aromatic heterocycles. The fraction of sp³-hybridized carbons (Fsp3) is 0.615. The summed E-state index contributed by atoms with van der Waals surface area (Å²) in [6.45, 7) is 17.0. The molecular weight excluding hydrogens is 516 g/mol. The highest BCUT2D eigenvalue weighted by Gasteiger charge is 2.38. The van der Waals surface area contributed by atoms with Crippen molar-refractivity contribution >= 4 is 17.3 Å². The van der Waals surface area contributed by atoms with Crippen molar-refractivity contribution in [3.8, 4) is 0 Å². The van der Waals surface area contributed by atoms with E-state index in [2.05, 4.69) is 84.9 Å². The predicted octanol–water partition coefficient (Wildman–Crippen LogP) is 9.69. The van der Waals surface area contributed by atoms with Gasteiger partial charge in [-0.25, -0.2) is 0 Å². The highest BCUT2D eigenvalue weighted by molar-refractivity contribution is 6.01. The number of carbonyl (C=O) groups excluding carboxylic acids is 3. The Labute approximate surface area is 256 Å². The number of hydrogen-bond acceptors (Lipinski definition) is 3. The summed E-state index contributed by atoms with van der Waals surface area (Å²) in [6.07, 6.45) is 8.49. The molecule has 3 heteroatoms. The van der Waals surface area contributed by atoms with E-state index in [9.17, 15) is 14.4 Å². The second kappa shape index (κ2) is 15.8. The van der Waals surface area contributed by atoms with Gasteiger partial charge in [-0.3, -0.25) is 14.4 Å². The standard InChI is InChI=1S/C39H56O3/c1-9-32(25(3)4)35(33(10-2)37(41)20-27(7)40)21-30-22-36-34(26(5)6)24-31(28(8)39(36)38(42)23-30)19-15-14-18-29-16-12-11-13-17-29/h11-13,16-17,24-26,30,32-33,35H,9-10,14-15,18-23H2,1-8H3. The second-order valence-electron chi connectivity index (χ2n) is 13.7. The van der Waals surface area contributed by atoms with E-state index in [0.29, 0.717) is 24.2 Å². The minimum atomic E-state index is -0.123. The lowest BCUT2D eigenvalue weighted by Crippen LogP contribution is -2.35. The third-order valence-electron chi connectivity index (χ3n) is 9.99. The largest absolute Gasteiger partial charge is 0.300 e. The van der Waals surface area contributed by atoms with Gasteiger partial charge in [0, 0.05) is 17.9 Å². The fourth-order valence-electron chi connectivity index (χ4n) is 7.90. The van der Waals surface area contributed by atoms with Crippen LogP contribution in [0.15, 0.2) is 36.4 Å². The Morgan fingerprint density at radius 2 is 1.57 bits per heavy atom. The van der Waals surface area contributed by atoms with Gasteiger partial charge in [0.15, 0.2) is 5.78 Å². The number of rotatable bonds is 16. The summed E-state index contributed by atoms with van der Waals surface area (Å²) in [5.74, 6) is 1.82. The lowest BCUT2D eigenvalue weighted by atomic mass is 9.65. The number of hydrogen-bond donors (Lipinski definition) is 0. The van der Waals surface area contributed by atoms with Crippen LogP contribution in [0.5, 0.6) is 0 Å². The molecule has 0 amide bonds. The zero-order valence-corrected chi connectivity index (χ0v) is 27.7. The molecule has 0 heterocycles. The molecule has 0 fully saturated rings. The summed E-state index contributed by atoms with van der Waals surface area (Å²) >= 11 is 0. The molecule has 3 nitrogen and oxygen atoms in total. The number of fused-ring (bicyclic) bond motifs is 1. The third-order valence-corrected chi connectivity index (χ3v) is 9.99. The van der Waals surface area contributed by atoms with Gasteiger partial charge >= 0.3 is 0 Å². The van der Waals surface area contributed by atoms with Crippen molar-refractivity contribution in [3.05, 3.63) is 69.8 Å². The first-order valence-electron chi connectivity index (χ1n) is 16.7. The van der Waals surface area contributed by atoms with Gasteiger partial charge in [0.05, 0.1) is 6.42 Å². The minimum Gasteiger partial charge on any atom is -0.300 e. The molecular formula is C39H56O3. The quantitative estimate of drug-likeness (QED) is 0.149. The topological polar surface area (TPSA) is 51.2 Å². The highest BCUT2D eigenvalue weighted by atomic mass is 16.1. The first-order valence-corrected chi connectivity index (χ1v) is 16.7. The van der Waals surface area contributed by atoms with Crippen LogP contribution in [0, 0.1) is 36.5 Å². The van der Waals surface area contributed by atoms with E-state index in [1.165, 1.54) is 34.7 Å². The van der Waals surface area contributed by atoms with E-state index >= 15 is 0 Å². The van der Waals surface area contributed by atoms with Crippen LogP contribution in [0.3, 0.4) is 0 Å². The zero-order valence-electron chi connectivity index (χ0n) is 27.7. The summed E-state index contributed by atoms with van der Waals surface area (Å²) in [6, 6.07) is 13.1. The molecule has 4 atom stereocenters. The van der Waals surface area contributed by atoms with E-state index in [-0.39, 0.29) is 41.5 Å². The van der Waals surface area contributed by atoms with E-state index in [1.54, 1.807) is 0 Å². The van der Waals surface area contributed by atoms with Crippen molar-refractivity contribution in [3.63, 3.8) is 0 Å². The van der Waals surface area contributed by atoms with Crippen molar-refractivity contribution in [2.24, 2.45) is 29.6 Å². The zero-order chi connectivity index (χ0) is 31.0. The molecule has 0 radical (unpaired) electrons. The van der Waals surface area contributed by atoms with E-state index < -0.39 is 0 Å². The molecule has 0 bridgehead atoms. The van der Waals surface area contributed by atoms with Gasteiger partial charge < -0.3 is 0 Å². The molecule has 0 spiro atoms. The Morgan fingerprint density at radius 3 is 2.14 bits per heavy atom. The molecule has 1 aliphatic rings. The van der Waals surface area contributed by atoms with Crippen LogP contribution in [-0.2, 0) is 28.9 Å². The van der Waals surface area contributed by atoms with E-state index in [4.69, 9.17) is 0 Å². The van der Waals surface area contributed by atoms with Gasteiger partial charge in [0.2, 0.25) is 0 Å². The first-order chi connectivity index (χ1) is 20.0.